The van der Waals surface area contributed by atoms with Crippen molar-refractivity contribution in [2.75, 3.05) is 26.3 Å². The highest BCUT2D eigenvalue weighted by atomic mass is 16.5. The molecule has 4 nitrogen and oxygen atoms in total. The molecule has 3 rings (SSSR count). The standard InChI is InChI=1S/C18H25N3O/c1-15-12-16(2)21(19-15)14-18-6-4-17(5-7-18)13-20-8-3-10-22-11-9-20/h4-7,12H,3,8-11,13-14H2,1-2H3. The van der Waals surface area contributed by atoms with Crippen molar-refractivity contribution in [3.8, 4) is 0 Å². The van der Waals surface area contributed by atoms with Crippen LogP contribution >= 0.6 is 0 Å². The lowest BCUT2D eigenvalue weighted by Crippen LogP contribution is -2.25. The number of aromatic nitrogens is 2. The van der Waals surface area contributed by atoms with E-state index in [-0.39, 0.29) is 0 Å². The number of nitrogens with zero attached hydrogens (tertiary/aromatic N) is 3. The lowest BCUT2D eigenvalue weighted by molar-refractivity contribution is 0.140. The number of ether oxygens (including phenoxy) is 1. The first-order valence-corrected chi connectivity index (χ1v) is 8.10. The number of hydrogen-bond donors (Lipinski definition) is 0. The van der Waals surface area contributed by atoms with E-state index in [2.05, 4.69) is 51.9 Å². The first-order chi connectivity index (χ1) is 10.7. The third-order valence-corrected chi connectivity index (χ3v) is 4.18. The van der Waals surface area contributed by atoms with Gasteiger partial charge in [-0.3, -0.25) is 9.58 Å². The summed E-state index contributed by atoms with van der Waals surface area (Å²) in [7, 11) is 0. The molecule has 22 heavy (non-hydrogen) atoms. The predicted molar refractivity (Wildman–Crippen MR) is 88.0 cm³/mol. The van der Waals surface area contributed by atoms with Crippen molar-refractivity contribution < 1.29 is 4.74 Å². The van der Waals surface area contributed by atoms with Crippen LogP contribution in [0.15, 0.2) is 30.3 Å². The summed E-state index contributed by atoms with van der Waals surface area (Å²) < 4.78 is 7.58. The molecular weight excluding hydrogens is 274 g/mol. The van der Waals surface area contributed by atoms with Gasteiger partial charge in [-0.1, -0.05) is 24.3 Å². The fourth-order valence-corrected chi connectivity index (χ4v) is 2.97. The molecule has 0 radical (unpaired) electrons. The number of benzene rings is 1. The zero-order chi connectivity index (χ0) is 15.4. The Kier molecular flexibility index (Phi) is 4.90. The van der Waals surface area contributed by atoms with E-state index in [1.807, 2.05) is 6.92 Å². The normalized spacial score (nSPS) is 16.6. The summed E-state index contributed by atoms with van der Waals surface area (Å²) in [5.74, 6) is 0. The maximum atomic E-state index is 5.51. The Morgan fingerprint density at radius 3 is 2.41 bits per heavy atom. The Labute approximate surface area is 132 Å². The topological polar surface area (TPSA) is 30.3 Å². The van der Waals surface area contributed by atoms with Crippen molar-refractivity contribution in [1.82, 2.24) is 14.7 Å². The minimum atomic E-state index is 0.845. The molecule has 1 aromatic heterocycles. The highest BCUT2D eigenvalue weighted by Crippen LogP contribution is 2.12. The van der Waals surface area contributed by atoms with Crippen LogP contribution in [-0.2, 0) is 17.8 Å². The third kappa shape index (κ3) is 3.96. The number of rotatable bonds is 4. The average Bonchev–Trinajstić information content (AvgIpc) is 2.69. The van der Waals surface area contributed by atoms with Gasteiger partial charge >= 0.3 is 0 Å². The number of aryl methyl sites for hydroxylation is 2. The molecule has 2 aromatic rings. The van der Waals surface area contributed by atoms with Gasteiger partial charge in [0.25, 0.3) is 0 Å². The minimum absolute atomic E-state index is 0.845. The molecular formula is C18H25N3O. The molecule has 1 aliphatic heterocycles. The monoisotopic (exact) mass is 299 g/mol. The van der Waals surface area contributed by atoms with Crippen molar-refractivity contribution in [2.24, 2.45) is 0 Å². The molecule has 0 spiro atoms. The van der Waals surface area contributed by atoms with Gasteiger partial charge in [-0.15, -0.1) is 0 Å². The fraction of sp³-hybridized carbons (Fsp3) is 0.500. The largest absolute Gasteiger partial charge is 0.380 e. The molecule has 2 heterocycles. The minimum Gasteiger partial charge on any atom is -0.380 e. The molecule has 118 valence electrons. The van der Waals surface area contributed by atoms with E-state index in [0.29, 0.717) is 0 Å². The Hall–Kier alpha value is -1.65. The first kappa shape index (κ1) is 15.3. The van der Waals surface area contributed by atoms with Gasteiger partial charge in [0.1, 0.15) is 0 Å². The summed E-state index contributed by atoms with van der Waals surface area (Å²) in [5.41, 5.74) is 4.97. The molecule has 1 aromatic carbocycles. The lowest BCUT2D eigenvalue weighted by atomic mass is 10.1. The fourth-order valence-electron chi connectivity index (χ4n) is 2.97. The number of hydrogen-bond acceptors (Lipinski definition) is 3. The summed E-state index contributed by atoms with van der Waals surface area (Å²) in [4.78, 5) is 2.48. The van der Waals surface area contributed by atoms with Crippen molar-refractivity contribution in [1.29, 1.82) is 0 Å². The Bertz CT molecular complexity index is 595. The zero-order valence-electron chi connectivity index (χ0n) is 13.6. The van der Waals surface area contributed by atoms with Crippen LogP contribution in [0.1, 0.15) is 28.9 Å². The summed E-state index contributed by atoms with van der Waals surface area (Å²) in [6.45, 7) is 9.93. The molecule has 0 aliphatic carbocycles. The zero-order valence-corrected chi connectivity index (χ0v) is 13.6. The SMILES string of the molecule is Cc1cc(C)n(Cc2ccc(CN3CCCOCC3)cc2)n1. The van der Waals surface area contributed by atoms with Crippen LogP contribution in [0.4, 0.5) is 0 Å². The van der Waals surface area contributed by atoms with Gasteiger partial charge in [0, 0.05) is 31.9 Å². The molecule has 0 saturated carbocycles. The van der Waals surface area contributed by atoms with Crippen LogP contribution in [-0.4, -0.2) is 41.0 Å². The van der Waals surface area contributed by atoms with Gasteiger partial charge in [-0.2, -0.15) is 5.10 Å². The van der Waals surface area contributed by atoms with E-state index in [9.17, 15) is 0 Å². The highest BCUT2D eigenvalue weighted by molar-refractivity contribution is 5.23. The Morgan fingerprint density at radius 1 is 1.00 bits per heavy atom. The quantitative estimate of drug-likeness (QED) is 0.869. The maximum Gasteiger partial charge on any atom is 0.0662 e. The van der Waals surface area contributed by atoms with E-state index < -0.39 is 0 Å². The molecule has 1 saturated heterocycles. The van der Waals surface area contributed by atoms with E-state index in [4.69, 9.17) is 4.74 Å². The second-order valence-electron chi connectivity index (χ2n) is 6.14. The van der Waals surface area contributed by atoms with Crippen LogP contribution in [0, 0.1) is 13.8 Å². The van der Waals surface area contributed by atoms with Gasteiger partial charge in [0.15, 0.2) is 0 Å². The summed E-state index contributed by atoms with van der Waals surface area (Å²) in [6, 6.07) is 11.1. The summed E-state index contributed by atoms with van der Waals surface area (Å²) in [5, 5.41) is 4.53. The lowest BCUT2D eigenvalue weighted by Gasteiger charge is -2.19. The Morgan fingerprint density at radius 2 is 1.73 bits per heavy atom. The molecule has 0 amide bonds. The van der Waals surface area contributed by atoms with Crippen molar-refractivity contribution >= 4 is 0 Å². The maximum absolute atomic E-state index is 5.51. The van der Waals surface area contributed by atoms with Gasteiger partial charge in [-0.05, 0) is 37.5 Å². The van der Waals surface area contributed by atoms with Crippen molar-refractivity contribution in [3.63, 3.8) is 0 Å². The second kappa shape index (κ2) is 7.07. The summed E-state index contributed by atoms with van der Waals surface area (Å²) >= 11 is 0. The van der Waals surface area contributed by atoms with Gasteiger partial charge in [-0.25, -0.2) is 0 Å². The van der Waals surface area contributed by atoms with Gasteiger partial charge in [0.2, 0.25) is 0 Å². The van der Waals surface area contributed by atoms with Crippen molar-refractivity contribution in [3.05, 3.63) is 52.8 Å². The summed E-state index contributed by atoms with van der Waals surface area (Å²) in [6.07, 6.45) is 1.13. The van der Waals surface area contributed by atoms with Crippen molar-refractivity contribution in [2.45, 2.75) is 33.4 Å². The smallest absolute Gasteiger partial charge is 0.0662 e. The predicted octanol–water partition coefficient (Wildman–Crippen LogP) is 2.77. The molecule has 0 bridgehead atoms. The first-order valence-electron chi connectivity index (χ1n) is 8.10. The molecule has 0 unspecified atom stereocenters. The van der Waals surface area contributed by atoms with Gasteiger partial charge < -0.3 is 4.74 Å². The van der Waals surface area contributed by atoms with Crippen LogP contribution in [0.2, 0.25) is 0 Å². The average molecular weight is 299 g/mol. The molecule has 4 heteroatoms. The molecule has 1 fully saturated rings. The van der Waals surface area contributed by atoms with Crippen LogP contribution < -0.4 is 0 Å². The van der Waals surface area contributed by atoms with Crippen LogP contribution in [0.25, 0.3) is 0 Å². The van der Waals surface area contributed by atoms with Crippen LogP contribution in [0.5, 0.6) is 0 Å². The van der Waals surface area contributed by atoms with Gasteiger partial charge in [0.05, 0.1) is 18.8 Å². The molecule has 1 aliphatic rings. The molecule has 0 N–H and O–H groups in total. The third-order valence-electron chi connectivity index (χ3n) is 4.18. The second-order valence-corrected chi connectivity index (χ2v) is 6.14. The van der Waals surface area contributed by atoms with E-state index >= 15 is 0 Å². The van der Waals surface area contributed by atoms with E-state index in [1.54, 1.807) is 0 Å². The Balaban J connectivity index is 1.61. The van der Waals surface area contributed by atoms with E-state index in [1.165, 1.54) is 16.8 Å². The highest BCUT2D eigenvalue weighted by Gasteiger charge is 2.09. The van der Waals surface area contributed by atoms with E-state index in [0.717, 1.165) is 51.5 Å². The van der Waals surface area contributed by atoms with Crippen LogP contribution in [0.3, 0.4) is 0 Å². The molecule has 0 atom stereocenters.